The van der Waals surface area contributed by atoms with E-state index < -0.39 is 11.7 Å². The molecule has 0 aliphatic carbocycles. The van der Waals surface area contributed by atoms with Gasteiger partial charge in [0, 0.05) is 12.1 Å². The van der Waals surface area contributed by atoms with Crippen molar-refractivity contribution >= 4 is 11.8 Å². The van der Waals surface area contributed by atoms with E-state index in [9.17, 15) is 14.0 Å². The summed E-state index contributed by atoms with van der Waals surface area (Å²) in [4.78, 5) is 23.5. The second-order valence-electron chi connectivity index (χ2n) is 5.41. The first-order valence-electron chi connectivity index (χ1n) is 7.87. The van der Waals surface area contributed by atoms with Crippen LogP contribution in [0, 0.1) is 11.7 Å². The molecule has 4 nitrogen and oxygen atoms in total. The molecule has 122 valence electrons. The molecule has 0 saturated heterocycles. The second-order valence-corrected chi connectivity index (χ2v) is 5.41. The lowest BCUT2D eigenvalue weighted by molar-refractivity contribution is -0.120. The summed E-state index contributed by atoms with van der Waals surface area (Å²) in [5.41, 5.74) is 0.210. The van der Waals surface area contributed by atoms with Crippen molar-refractivity contribution in [1.82, 2.24) is 10.6 Å². The minimum absolute atomic E-state index is 0.0977. The van der Waals surface area contributed by atoms with Crippen LogP contribution in [0.2, 0.25) is 0 Å². The molecule has 0 heterocycles. The van der Waals surface area contributed by atoms with Gasteiger partial charge < -0.3 is 10.6 Å². The molecule has 0 fully saturated rings. The Labute approximate surface area is 131 Å². The van der Waals surface area contributed by atoms with Crippen LogP contribution in [0.3, 0.4) is 0 Å². The number of carbonyl (C=O) groups is 2. The van der Waals surface area contributed by atoms with Gasteiger partial charge in [-0.15, -0.1) is 0 Å². The maximum Gasteiger partial charge on any atom is 0.251 e. The standard InChI is InChI=1S/C17H25FN2O2/c1-3-5-7-13(4-2)11-19-16(21)12-20-17(22)14-8-6-9-15(18)10-14/h6,8-10,13H,3-5,7,11-12H2,1-2H3,(H,19,21)(H,20,22). The molecular formula is C17H25FN2O2. The predicted molar refractivity (Wildman–Crippen MR) is 85.0 cm³/mol. The van der Waals surface area contributed by atoms with Crippen molar-refractivity contribution in [3.8, 4) is 0 Å². The van der Waals surface area contributed by atoms with Gasteiger partial charge in [0.1, 0.15) is 5.82 Å². The van der Waals surface area contributed by atoms with Crippen molar-refractivity contribution in [2.75, 3.05) is 13.1 Å². The van der Waals surface area contributed by atoms with Gasteiger partial charge in [-0.2, -0.15) is 0 Å². The molecule has 1 aromatic carbocycles. The summed E-state index contributed by atoms with van der Waals surface area (Å²) in [6.45, 7) is 4.79. The quantitative estimate of drug-likeness (QED) is 0.737. The number of hydrogen-bond acceptors (Lipinski definition) is 2. The number of benzene rings is 1. The van der Waals surface area contributed by atoms with Crippen molar-refractivity contribution in [3.05, 3.63) is 35.6 Å². The summed E-state index contributed by atoms with van der Waals surface area (Å²) in [7, 11) is 0. The van der Waals surface area contributed by atoms with Crippen LogP contribution in [0.4, 0.5) is 4.39 Å². The summed E-state index contributed by atoms with van der Waals surface area (Å²) in [5.74, 6) is -0.672. The van der Waals surface area contributed by atoms with Crippen molar-refractivity contribution in [2.24, 2.45) is 5.92 Å². The van der Waals surface area contributed by atoms with Crippen molar-refractivity contribution in [1.29, 1.82) is 0 Å². The molecule has 1 rings (SSSR count). The number of halogens is 1. The molecule has 0 aliphatic rings. The first-order valence-corrected chi connectivity index (χ1v) is 7.87. The van der Waals surface area contributed by atoms with E-state index in [0.717, 1.165) is 31.7 Å². The molecule has 2 N–H and O–H groups in total. The minimum atomic E-state index is -0.473. The molecule has 1 unspecified atom stereocenters. The zero-order valence-corrected chi connectivity index (χ0v) is 13.3. The molecule has 0 aliphatic heterocycles. The SMILES string of the molecule is CCCCC(CC)CNC(=O)CNC(=O)c1cccc(F)c1. The topological polar surface area (TPSA) is 58.2 Å². The molecule has 0 radical (unpaired) electrons. The molecule has 0 spiro atoms. The van der Waals surface area contributed by atoms with Gasteiger partial charge in [-0.25, -0.2) is 4.39 Å². The molecule has 1 atom stereocenters. The highest BCUT2D eigenvalue weighted by atomic mass is 19.1. The lowest BCUT2D eigenvalue weighted by Crippen LogP contribution is -2.38. The Bertz CT molecular complexity index is 491. The van der Waals surface area contributed by atoms with Crippen LogP contribution < -0.4 is 10.6 Å². The molecule has 22 heavy (non-hydrogen) atoms. The van der Waals surface area contributed by atoms with Crippen LogP contribution in [0.25, 0.3) is 0 Å². The van der Waals surface area contributed by atoms with Crippen LogP contribution in [0.1, 0.15) is 49.9 Å². The highest BCUT2D eigenvalue weighted by Crippen LogP contribution is 2.11. The minimum Gasteiger partial charge on any atom is -0.354 e. The number of amides is 2. The van der Waals surface area contributed by atoms with Crippen LogP contribution in [-0.2, 0) is 4.79 Å². The van der Waals surface area contributed by atoms with E-state index in [1.54, 1.807) is 0 Å². The number of nitrogens with one attached hydrogen (secondary N) is 2. The zero-order valence-electron chi connectivity index (χ0n) is 13.3. The van der Waals surface area contributed by atoms with E-state index in [4.69, 9.17) is 0 Å². The van der Waals surface area contributed by atoms with Crippen molar-refractivity contribution in [3.63, 3.8) is 0 Å². The van der Waals surface area contributed by atoms with Crippen LogP contribution in [-0.4, -0.2) is 24.9 Å². The highest BCUT2D eigenvalue weighted by molar-refractivity contribution is 5.96. The Kier molecular flexibility index (Phi) is 8.18. The Morgan fingerprint density at radius 1 is 1.23 bits per heavy atom. The molecular weight excluding hydrogens is 283 g/mol. The van der Waals surface area contributed by atoms with Gasteiger partial charge in [0.05, 0.1) is 6.54 Å². The van der Waals surface area contributed by atoms with Crippen LogP contribution >= 0.6 is 0 Å². The van der Waals surface area contributed by atoms with Gasteiger partial charge in [0.15, 0.2) is 0 Å². The summed E-state index contributed by atoms with van der Waals surface area (Å²) < 4.78 is 13.0. The summed E-state index contributed by atoms with van der Waals surface area (Å²) in [6, 6.07) is 5.38. The van der Waals surface area contributed by atoms with Gasteiger partial charge in [0.25, 0.3) is 5.91 Å². The summed E-state index contributed by atoms with van der Waals surface area (Å²) >= 11 is 0. The van der Waals surface area contributed by atoms with Gasteiger partial charge in [-0.1, -0.05) is 39.2 Å². The van der Waals surface area contributed by atoms with Crippen molar-refractivity contribution < 1.29 is 14.0 Å². The van der Waals surface area contributed by atoms with Gasteiger partial charge in [-0.3, -0.25) is 9.59 Å². The number of hydrogen-bond donors (Lipinski definition) is 2. The fraction of sp³-hybridized carbons (Fsp3) is 0.529. The second kappa shape index (κ2) is 9.92. The molecule has 0 saturated carbocycles. The normalized spacial score (nSPS) is 11.8. The third kappa shape index (κ3) is 6.70. The van der Waals surface area contributed by atoms with Crippen LogP contribution in [0.5, 0.6) is 0 Å². The maximum atomic E-state index is 13.0. The first-order chi connectivity index (χ1) is 10.6. The Morgan fingerprint density at radius 3 is 2.64 bits per heavy atom. The molecule has 0 aromatic heterocycles. The average molecular weight is 308 g/mol. The van der Waals surface area contributed by atoms with E-state index in [2.05, 4.69) is 24.5 Å². The first kappa shape index (κ1) is 18.1. The fourth-order valence-corrected chi connectivity index (χ4v) is 2.16. The lowest BCUT2D eigenvalue weighted by atomic mass is 9.99. The number of rotatable bonds is 9. The van der Waals surface area contributed by atoms with Gasteiger partial charge in [0.2, 0.25) is 5.91 Å². The van der Waals surface area contributed by atoms with E-state index >= 15 is 0 Å². The van der Waals surface area contributed by atoms with Crippen molar-refractivity contribution in [2.45, 2.75) is 39.5 Å². The highest BCUT2D eigenvalue weighted by Gasteiger charge is 2.10. The molecule has 2 amide bonds. The number of carbonyl (C=O) groups excluding carboxylic acids is 2. The molecule has 5 heteroatoms. The third-order valence-electron chi connectivity index (χ3n) is 3.63. The fourth-order valence-electron chi connectivity index (χ4n) is 2.16. The summed E-state index contributed by atoms with van der Waals surface area (Å²) in [6.07, 6.45) is 4.43. The van der Waals surface area contributed by atoms with Gasteiger partial charge in [-0.05, 0) is 30.5 Å². The van der Waals surface area contributed by atoms with Crippen LogP contribution in [0.15, 0.2) is 24.3 Å². The predicted octanol–water partition coefficient (Wildman–Crippen LogP) is 2.89. The molecule has 1 aromatic rings. The van der Waals surface area contributed by atoms with E-state index in [1.807, 2.05) is 0 Å². The van der Waals surface area contributed by atoms with Gasteiger partial charge >= 0.3 is 0 Å². The van der Waals surface area contributed by atoms with E-state index in [-0.39, 0.29) is 18.0 Å². The monoisotopic (exact) mass is 308 g/mol. The third-order valence-corrected chi connectivity index (χ3v) is 3.63. The number of unbranched alkanes of at least 4 members (excludes halogenated alkanes) is 1. The molecule has 0 bridgehead atoms. The Hall–Kier alpha value is -1.91. The Morgan fingerprint density at radius 2 is 2.00 bits per heavy atom. The van der Waals surface area contributed by atoms with E-state index in [1.165, 1.54) is 18.2 Å². The largest absolute Gasteiger partial charge is 0.354 e. The lowest BCUT2D eigenvalue weighted by Gasteiger charge is -2.15. The average Bonchev–Trinajstić information content (AvgIpc) is 2.52. The smallest absolute Gasteiger partial charge is 0.251 e. The zero-order chi connectivity index (χ0) is 16.4. The van der Waals surface area contributed by atoms with E-state index in [0.29, 0.717) is 12.5 Å². The Balaban J connectivity index is 2.32. The maximum absolute atomic E-state index is 13.0. The summed E-state index contributed by atoms with van der Waals surface area (Å²) in [5, 5.41) is 5.33.